The summed E-state index contributed by atoms with van der Waals surface area (Å²) < 4.78 is 39.6. The van der Waals surface area contributed by atoms with Crippen LogP contribution in [0.1, 0.15) is 44.6 Å². The van der Waals surface area contributed by atoms with Crippen molar-refractivity contribution in [3.63, 3.8) is 0 Å². The average Bonchev–Trinajstić information content (AvgIpc) is 2.54. The van der Waals surface area contributed by atoms with Crippen molar-refractivity contribution in [1.29, 1.82) is 0 Å². The molecule has 1 saturated carbocycles. The Kier molecular flexibility index (Phi) is 6.27. The molecule has 1 fully saturated rings. The third-order valence-electron chi connectivity index (χ3n) is 4.17. The highest BCUT2D eigenvalue weighted by molar-refractivity contribution is 5.92. The molecule has 3 N–H and O–H groups in total. The molecular formula is C17H22F3N3O2. The molecule has 0 aliphatic heterocycles. The number of hydrogen-bond acceptors (Lipinski definition) is 2. The summed E-state index contributed by atoms with van der Waals surface area (Å²) in [6.45, 7) is 1.66. The van der Waals surface area contributed by atoms with E-state index in [1.165, 1.54) is 19.4 Å². The highest BCUT2D eigenvalue weighted by Crippen LogP contribution is 2.36. The number of rotatable bonds is 4. The Morgan fingerprint density at radius 3 is 2.40 bits per heavy atom. The van der Waals surface area contributed by atoms with E-state index in [0.717, 1.165) is 37.8 Å². The van der Waals surface area contributed by atoms with E-state index in [9.17, 15) is 22.8 Å². The summed E-state index contributed by atoms with van der Waals surface area (Å²) in [6, 6.07) is 2.59. The summed E-state index contributed by atoms with van der Waals surface area (Å²) in [5, 5.41) is 7.19. The van der Waals surface area contributed by atoms with Gasteiger partial charge in [-0.1, -0.05) is 19.3 Å². The van der Waals surface area contributed by atoms with Gasteiger partial charge >= 0.3 is 12.2 Å². The first kappa shape index (κ1) is 19.1. The van der Waals surface area contributed by atoms with E-state index in [0.29, 0.717) is 12.5 Å². The van der Waals surface area contributed by atoms with Crippen LogP contribution in [0.15, 0.2) is 18.2 Å². The Labute approximate surface area is 144 Å². The molecule has 0 saturated heterocycles. The predicted octanol–water partition coefficient (Wildman–Crippen LogP) is 4.37. The van der Waals surface area contributed by atoms with E-state index in [2.05, 4.69) is 16.0 Å². The fourth-order valence-electron chi connectivity index (χ4n) is 2.96. The molecule has 1 aromatic carbocycles. The van der Waals surface area contributed by atoms with Gasteiger partial charge in [0.25, 0.3) is 0 Å². The molecule has 1 aliphatic rings. The van der Waals surface area contributed by atoms with Crippen LogP contribution in [0.2, 0.25) is 0 Å². The van der Waals surface area contributed by atoms with Gasteiger partial charge in [0, 0.05) is 19.2 Å². The topological polar surface area (TPSA) is 70.2 Å². The molecule has 3 amide bonds. The van der Waals surface area contributed by atoms with Crippen LogP contribution in [-0.2, 0) is 11.0 Å². The first-order valence-corrected chi connectivity index (χ1v) is 8.29. The average molecular weight is 357 g/mol. The van der Waals surface area contributed by atoms with Crippen molar-refractivity contribution in [2.45, 2.75) is 45.2 Å². The first-order valence-electron chi connectivity index (χ1n) is 8.29. The SMILES string of the molecule is CC(=O)Nc1ccc(NC(=O)NCC2CCCCC2)c(C(F)(F)F)c1. The second-order valence-electron chi connectivity index (χ2n) is 6.28. The summed E-state index contributed by atoms with van der Waals surface area (Å²) in [6.07, 6.45) is 0.839. The minimum Gasteiger partial charge on any atom is -0.338 e. The minimum atomic E-state index is -4.65. The Morgan fingerprint density at radius 1 is 1.12 bits per heavy atom. The van der Waals surface area contributed by atoms with Crippen LogP contribution in [-0.4, -0.2) is 18.5 Å². The zero-order valence-corrected chi connectivity index (χ0v) is 14.0. The normalized spacial score (nSPS) is 15.5. The Hall–Kier alpha value is -2.25. The van der Waals surface area contributed by atoms with Crippen molar-refractivity contribution in [2.24, 2.45) is 5.92 Å². The van der Waals surface area contributed by atoms with Crippen LogP contribution in [0.25, 0.3) is 0 Å². The molecule has 0 unspecified atom stereocenters. The van der Waals surface area contributed by atoms with Gasteiger partial charge < -0.3 is 16.0 Å². The minimum absolute atomic E-state index is 0.0213. The lowest BCUT2D eigenvalue weighted by molar-refractivity contribution is -0.137. The maximum atomic E-state index is 13.2. The third-order valence-corrected chi connectivity index (χ3v) is 4.17. The lowest BCUT2D eigenvalue weighted by Crippen LogP contribution is -2.34. The van der Waals surface area contributed by atoms with Crippen molar-refractivity contribution in [1.82, 2.24) is 5.32 Å². The largest absolute Gasteiger partial charge is 0.418 e. The molecule has 1 aromatic rings. The van der Waals surface area contributed by atoms with Crippen molar-refractivity contribution in [3.05, 3.63) is 23.8 Å². The number of carbonyl (C=O) groups is 2. The second kappa shape index (κ2) is 8.22. The molecular weight excluding hydrogens is 335 g/mol. The van der Waals surface area contributed by atoms with Gasteiger partial charge in [0.05, 0.1) is 11.3 Å². The number of benzene rings is 1. The number of hydrogen-bond donors (Lipinski definition) is 3. The van der Waals surface area contributed by atoms with E-state index < -0.39 is 23.7 Å². The molecule has 8 heteroatoms. The van der Waals surface area contributed by atoms with Crippen LogP contribution in [0.3, 0.4) is 0 Å². The van der Waals surface area contributed by atoms with Crippen LogP contribution < -0.4 is 16.0 Å². The van der Waals surface area contributed by atoms with E-state index in [1.54, 1.807) is 0 Å². The number of amides is 3. The standard InChI is InChI=1S/C17H22F3N3O2/c1-11(24)22-13-7-8-15(14(9-13)17(18,19)20)23-16(25)21-10-12-5-3-2-4-6-12/h7-9,12H,2-6,10H2,1H3,(H,22,24)(H2,21,23,25). The molecule has 1 aliphatic carbocycles. The van der Waals surface area contributed by atoms with E-state index in [4.69, 9.17) is 0 Å². The summed E-state index contributed by atoms with van der Waals surface area (Å²) >= 11 is 0. The van der Waals surface area contributed by atoms with Gasteiger partial charge in [0.1, 0.15) is 0 Å². The maximum absolute atomic E-state index is 13.2. The van der Waals surface area contributed by atoms with E-state index in [-0.39, 0.29) is 11.4 Å². The van der Waals surface area contributed by atoms with Crippen molar-refractivity contribution < 1.29 is 22.8 Å². The smallest absolute Gasteiger partial charge is 0.338 e. The van der Waals surface area contributed by atoms with Crippen LogP contribution in [0.5, 0.6) is 0 Å². The van der Waals surface area contributed by atoms with Crippen LogP contribution in [0, 0.1) is 5.92 Å². The van der Waals surface area contributed by atoms with Crippen molar-refractivity contribution >= 4 is 23.3 Å². The molecule has 138 valence electrons. The molecule has 0 aromatic heterocycles. The summed E-state index contributed by atoms with van der Waals surface area (Å²) in [5.74, 6) is -0.0946. The summed E-state index contributed by atoms with van der Waals surface area (Å²) in [4.78, 5) is 22.9. The summed E-state index contributed by atoms with van der Waals surface area (Å²) in [7, 11) is 0. The molecule has 0 bridgehead atoms. The Bertz CT molecular complexity index is 626. The number of halogens is 3. The number of anilines is 2. The second-order valence-corrected chi connectivity index (χ2v) is 6.28. The zero-order chi connectivity index (χ0) is 18.4. The predicted molar refractivity (Wildman–Crippen MR) is 89.3 cm³/mol. The van der Waals surface area contributed by atoms with Gasteiger partial charge in [-0.2, -0.15) is 13.2 Å². The van der Waals surface area contributed by atoms with Crippen LogP contribution in [0.4, 0.5) is 29.3 Å². The Morgan fingerprint density at radius 2 is 1.80 bits per heavy atom. The van der Waals surface area contributed by atoms with Gasteiger partial charge in [-0.3, -0.25) is 4.79 Å². The van der Waals surface area contributed by atoms with Gasteiger partial charge in [-0.25, -0.2) is 4.79 Å². The number of carbonyl (C=O) groups excluding carboxylic acids is 2. The fourth-order valence-corrected chi connectivity index (χ4v) is 2.96. The highest BCUT2D eigenvalue weighted by Gasteiger charge is 2.34. The molecule has 5 nitrogen and oxygen atoms in total. The monoisotopic (exact) mass is 357 g/mol. The fraction of sp³-hybridized carbons (Fsp3) is 0.529. The molecule has 25 heavy (non-hydrogen) atoms. The molecule has 0 spiro atoms. The van der Waals surface area contributed by atoms with Gasteiger partial charge in [0.2, 0.25) is 5.91 Å². The molecule has 0 radical (unpaired) electrons. The molecule has 0 heterocycles. The number of urea groups is 1. The lowest BCUT2D eigenvalue weighted by atomic mass is 9.89. The first-order chi connectivity index (χ1) is 11.8. The quantitative estimate of drug-likeness (QED) is 0.749. The van der Waals surface area contributed by atoms with Crippen molar-refractivity contribution in [3.8, 4) is 0 Å². The molecule has 2 rings (SSSR count). The number of alkyl halides is 3. The van der Waals surface area contributed by atoms with E-state index >= 15 is 0 Å². The summed E-state index contributed by atoms with van der Waals surface area (Å²) in [5.41, 5.74) is -1.33. The van der Waals surface area contributed by atoms with Crippen LogP contribution >= 0.6 is 0 Å². The maximum Gasteiger partial charge on any atom is 0.418 e. The zero-order valence-electron chi connectivity index (χ0n) is 14.0. The van der Waals surface area contributed by atoms with Gasteiger partial charge in [-0.05, 0) is 37.0 Å². The van der Waals surface area contributed by atoms with E-state index in [1.807, 2.05) is 0 Å². The highest BCUT2D eigenvalue weighted by atomic mass is 19.4. The van der Waals surface area contributed by atoms with Crippen molar-refractivity contribution in [2.75, 3.05) is 17.2 Å². The lowest BCUT2D eigenvalue weighted by Gasteiger charge is -2.22. The Balaban J connectivity index is 2.03. The van der Waals surface area contributed by atoms with Gasteiger partial charge in [0.15, 0.2) is 0 Å². The van der Waals surface area contributed by atoms with Gasteiger partial charge in [-0.15, -0.1) is 0 Å². The number of nitrogens with one attached hydrogen (secondary N) is 3. The molecule has 0 atom stereocenters. The third kappa shape index (κ3) is 5.95.